The van der Waals surface area contributed by atoms with Gasteiger partial charge in [-0.2, -0.15) is 5.10 Å². The SMILES string of the molecule is CC(C)(C)[C@H](NC(=O)[C@H]1CC2(C1)C[C@H](c1ccc(CN3CCC(Cn4cc(-c5cc(-c6ccccc6O)nnc5N)cn4)CC3)cc1)C2)C(=O)N1CC[C@@H](O)C1. The summed E-state index contributed by atoms with van der Waals surface area (Å²) in [5.41, 5.74) is 11.6. The lowest BCUT2D eigenvalue weighted by Crippen LogP contribution is -2.58. The van der Waals surface area contributed by atoms with Crippen molar-refractivity contribution in [1.82, 2.24) is 35.1 Å². The molecule has 0 radical (unpaired) electrons. The fourth-order valence-electron chi connectivity index (χ4n) is 9.56. The van der Waals surface area contributed by atoms with Crippen LogP contribution in [0.4, 0.5) is 5.82 Å². The predicted octanol–water partition coefficient (Wildman–Crippen LogP) is 5.61. The Morgan fingerprint density at radius 2 is 1.70 bits per heavy atom. The van der Waals surface area contributed by atoms with Gasteiger partial charge in [-0.3, -0.25) is 19.2 Å². The predicted molar refractivity (Wildman–Crippen MR) is 215 cm³/mol. The van der Waals surface area contributed by atoms with E-state index in [1.165, 1.54) is 11.1 Å². The zero-order valence-electron chi connectivity index (χ0n) is 32.9. The topological polar surface area (TPSA) is 163 Å². The van der Waals surface area contributed by atoms with Crippen molar-refractivity contribution >= 4 is 17.6 Å². The van der Waals surface area contributed by atoms with Gasteiger partial charge < -0.3 is 26.2 Å². The molecule has 12 nitrogen and oxygen atoms in total. The van der Waals surface area contributed by atoms with Crippen molar-refractivity contribution in [3.8, 4) is 28.1 Å². The van der Waals surface area contributed by atoms with Gasteiger partial charge in [0.15, 0.2) is 5.82 Å². The van der Waals surface area contributed by atoms with Crippen LogP contribution in [0.5, 0.6) is 5.75 Å². The van der Waals surface area contributed by atoms with Crippen LogP contribution in [0.1, 0.15) is 82.8 Å². The summed E-state index contributed by atoms with van der Waals surface area (Å²) in [7, 11) is 0. The van der Waals surface area contributed by atoms with Gasteiger partial charge in [-0.05, 0) is 110 Å². The first-order valence-electron chi connectivity index (χ1n) is 20.4. The van der Waals surface area contributed by atoms with Crippen LogP contribution < -0.4 is 11.1 Å². The molecule has 8 rings (SSSR count). The van der Waals surface area contributed by atoms with E-state index >= 15 is 0 Å². The smallest absolute Gasteiger partial charge is 0.245 e. The molecule has 2 atom stereocenters. The number of phenols is 1. The number of nitrogens with zero attached hydrogens (tertiary/aromatic N) is 6. The number of aromatic hydroxyl groups is 1. The molecular weight excluding hydrogens is 705 g/mol. The summed E-state index contributed by atoms with van der Waals surface area (Å²) in [6.07, 6.45) is 10.2. The third kappa shape index (κ3) is 8.04. The Morgan fingerprint density at radius 3 is 2.38 bits per heavy atom. The number of nitrogens with one attached hydrogen (secondary N) is 1. The Hall–Kier alpha value is -4.81. The normalized spacial score (nSPS) is 24.8. The Bertz CT molecular complexity index is 2040. The molecule has 2 aliphatic heterocycles. The minimum absolute atomic E-state index is 0.00125. The number of nitrogen functional groups attached to an aromatic ring is 1. The summed E-state index contributed by atoms with van der Waals surface area (Å²) in [6.45, 7) is 10.8. The minimum atomic E-state index is -0.586. The molecule has 0 bridgehead atoms. The molecule has 296 valence electrons. The van der Waals surface area contributed by atoms with Crippen LogP contribution >= 0.6 is 0 Å². The van der Waals surface area contributed by atoms with Crippen LogP contribution in [0.3, 0.4) is 0 Å². The number of likely N-dealkylation sites (tertiary alicyclic amines) is 2. The molecule has 5 N–H and O–H groups in total. The van der Waals surface area contributed by atoms with E-state index in [4.69, 9.17) is 5.73 Å². The zero-order chi connectivity index (χ0) is 39.2. The highest BCUT2D eigenvalue weighted by molar-refractivity contribution is 5.90. The lowest BCUT2D eigenvalue weighted by atomic mass is 9.47. The first kappa shape index (κ1) is 38.1. The summed E-state index contributed by atoms with van der Waals surface area (Å²) in [5, 5.41) is 36.4. The number of benzene rings is 2. The molecule has 2 saturated carbocycles. The van der Waals surface area contributed by atoms with Crippen molar-refractivity contribution in [1.29, 1.82) is 0 Å². The number of anilines is 1. The fourth-order valence-corrected chi connectivity index (χ4v) is 9.56. The van der Waals surface area contributed by atoms with Crippen molar-refractivity contribution in [3.63, 3.8) is 0 Å². The van der Waals surface area contributed by atoms with Crippen molar-refractivity contribution in [2.45, 2.75) is 96.9 Å². The van der Waals surface area contributed by atoms with Crippen LogP contribution in [-0.2, 0) is 22.7 Å². The number of carbonyl (C=O) groups is 2. The molecule has 2 saturated heterocycles. The Kier molecular flexibility index (Phi) is 10.4. The molecule has 2 aromatic heterocycles. The maximum Gasteiger partial charge on any atom is 0.245 e. The van der Waals surface area contributed by atoms with Gasteiger partial charge in [0.25, 0.3) is 0 Å². The largest absolute Gasteiger partial charge is 0.507 e. The highest BCUT2D eigenvalue weighted by atomic mass is 16.3. The van der Waals surface area contributed by atoms with E-state index in [1.807, 2.05) is 56.0 Å². The molecule has 1 spiro atoms. The number of aromatic nitrogens is 4. The molecule has 12 heteroatoms. The Morgan fingerprint density at radius 1 is 0.964 bits per heavy atom. The molecule has 2 aromatic carbocycles. The summed E-state index contributed by atoms with van der Waals surface area (Å²) in [6, 6.07) is 17.5. The third-order valence-electron chi connectivity index (χ3n) is 12.9. The van der Waals surface area contributed by atoms with E-state index in [9.17, 15) is 19.8 Å². The molecule has 2 amide bonds. The highest BCUT2D eigenvalue weighted by Gasteiger charge is 2.55. The summed E-state index contributed by atoms with van der Waals surface area (Å²) >= 11 is 0. The number of piperidine rings is 1. The van der Waals surface area contributed by atoms with E-state index < -0.39 is 17.6 Å². The Labute approximate surface area is 329 Å². The molecule has 4 fully saturated rings. The van der Waals surface area contributed by atoms with Crippen LogP contribution in [0, 0.1) is 22.7 Å². The third-order valence-corrected chi connectivity index (χ3v) is 12.9. The van der Waals surface area contributed by atoms with Gasteiger partial charge in [-0.1, -0.05) is 57.2 Å². The number of phenolic OH excluding ortho intramolecular Hbond substituents is 1. The number of nitrogens with two attached hydrogens (primary N) is 1. The quantitative estimate of drug-likeness (QED) is 0.161. The van der Waals surface area contributed by atoms with Crippen molar-refractivity contribution in [2.75, 3.05) is 31.9 Å². The molecule has 4 heterocycles. The second-order valence-electron chi connectivity index (χ2n) is 18.2. The second-order valence-corrected chi connectivity index (χ2v) is 18.2. The van der Waals surface area contributed by atoms with Gasteiger partial charge in [-0.25, -0.2) is 0 Å². The van der Waals surface area contributed by atoms with Crippen LogP contribution in [0.15, 0.2) is 67.0 Å². The van der Waals surface area contributed by atoms with Crippen molar-refractivity contribution < 1.29 is 19.8 Å². The van der Waals surface area contributed by atoms with Gasteiger partial charge in [0.2, 0.25) is 11.8 Å². The Balaban J connectivity index is 0.770. The lowest BCUT2D eigenvalue weighted by molar-refractivity contribution is -0.145. The average Bonchev–Trinajstić information content (AvgIpc) is 3.79. The number of β-amino-alcohol motifs (C(OH)–C–C–N with tert-alkyl or cyclic N) is 1. The van der Waals surface area contributed by atoms with Gasteiger partial charge in [0.1, 0.15) is 11.8 Å². The maximum atomic E-state index is 13.3. The molecule has 56 heavy (non-hydrogen) atoms. The van der Waals surface area contributed by atoms with E-state index in [2.05, 4.69) is 49.8 Å². The number of amides is 2. The fraction of sp³-hybridized carbons (Fsp3) is 0.523. The maximum absolute atomic E-state index is 13.3. The van der Waals surface area contributed by atoms with Crippen LogP contribution in [0.2, 0.25) is 0 Å². The second kappa shape index (κ2) is 15.3. The average molecular weight is 761 g/mol. The summed E-state index contributed by atoms with van der Waals surface area (Å²) < 4.78 is 2.01. The standard InChI is InChI=1S/C44H56N8O4/c1-43(2,3)39(42(56)51-17-14-34(53)27-51)47-41(55)32-21-44(22-32)19-31(20-44)30-10-8-28(9-11-30)24-50-15-12-29(13-16-50)25-52-26-33(23-46-52)36-18-37(48-49-40(36)45)35-6-4-5-7-38(35)54/h4-11,18,23,26,29,31-32,34,39,53-54H,12-17,19-22,24-25,27H2,1-3H3,(H2,45,49)(H,47,55)/t31-,32-,34-,39-,44?/m1/s1. The van der Waals surface area contributed by atoms with E-state index in [0.717, 1.165) is 75.8 Å². The van der Waals surface area contributed by atoms with E-state index in [1.54, 1.807) is 17.0 Å². The first-order chi connectivity index (χ1) is 26.8. The summed E-state index contributed by atoms with van der Waals surface area (Å²) in [4.78, 5) is 30.8. The number of rotatable bonds is 10. The number of hydrogen-bond acceptors (Lipinski definition) is 9. The number of aliphatic hydroxyl groups is 1. The molecule has 2 aliphatic carbocycles. The highest BCUT2D eigenvalue weighted by Crippen LogP contribution is 2.64. The molecule has 4 aromatic rings. The van der Waals surface area contributed by atoms with Gasteiger partial charge in [0, 0.05) is 55.0 Å². The number of para-hydroxylation sites is 1. The molecule has 4 aliphatic rings. The van der Waals surface area contributed by atoms with Gasteiger partial charge in [0.05, 0.1) is 18.0 Å². The minimum Gasteiger partial charge on any atom is -0.507 e. The lowest BCUT2D eigenvalue weighted by Gasteiger charge is -2.57. The van der Waals surface area contributed by atoms with Crippen LogP contribution in [0.25, 0.3) is 22.4 Å². The first-order valence-corrected chi connectivity index (χ1v) is 20.4. The number of carbonyl (C=O) groups excluding carboxylic acids is 2. The molecule has 0 unspecified atom stereocenters. The summed E-state index contributed by atoms with van der Waals surface area (Å²) in [5.74, 6) is 1.45. The number of hydrogen-bond donors (Lipinski definition) is 4. The molecular formula is C44H56N8O4. The number of aliphatic hydroxyl groups excluding tert-OH is 1. The van der Waals surface area contributed by atoms with Gasteiger partial charge >= 0.3 is 0 Å². The zero-order valence-corrected chi connectivity index (χ0v) is 32.9. The van der Waals surface area contributed by atoms with Crippen LogP contribution in [-0.4, -0.2) is 90.1 Å². The van der Waals surface area contributed by atoms with Gasteiger partial charge in [-0.15, -0.1) is 10.2 Å². The van der Waals surface area contributed by atoms with E-state index in [0.29, 0.717) is 48.4 Å². The van der Waals surface area contributed by atoms with Crippen molar-refractivity contribution in [3.05, 3.63) is 78.1 Å². The van der Waals surface area contributed by atoms with E-state index in [-0.39, 0.29) is 28.9 Å². The monoisotopic (exact) mass is 760 g/mol. The van der Waals surface area contributed by atoms with Crippen molar-refractivity contribution in [2.24, 2.45) is 22.7 Å².